The molecule has 98 valence electrons. The monoisotopic (exact) mass is 315 g/mol. The minimum absolute atomic E-state index is 0.438. The highest BCUT2D eigenvalue weighted by Crippen LogP contribution is 2.38. The molecule has 0 bridgehead atoms. The summed E-state index contributed by atoms with van der Waals surface area (Å²) in [6, 6.07) is 13.5. The molecule has 0 spiro atoms. The summed E-state index contributed by atoms with van der Waals surface area (Å²) < 4.78 is 1.25. The zero-order valence-electron chi connectivity index (χ0n) is 11.3. The normalized spacial score (nSPS) is 17.3. The van der Waals surface area contributed by atoms with Gasteiger partial charge in [-0.25, -0.2) is 0 Å². The van der Waals surface area contributed by atoms with Crippen LogP contribution in [0.15, 0.2) is 40.9 Å². The number of nitrogens with one attached hydrogen (secondary N) is 1. The highest BCUT2D eigenvalue weighted by Gasteiger charge is 2.24. The van der Waals surface area contributed by atoms with Crippen LogP contribution in [0.1, 0.15) is 34.7 Å². The van der Waals surface area contributed by atoms with Gasteiger partial charge >= 0.3 is 0 Å². The Bertz CT molecular complexity index is 619. The van der Waals surface area contributed by atoms with E-state index >= 15 is 0 Å². The van der Waals surface area contributed by atoms with E-state index in [0.29, 0.717) is 6.04 Å². The molecule has 1 atom stereocenters. The topological polar surface area (TPSA) is 12.0 Å². The van der Waals surface area contributed by atoms with Gasteiger partial charge in [0.15, 0.2) is 0 Å². The van der Waals surface area contributed by atoms with Crippen LogP contribution in [0.4, 0.5) is 5.69 Å². The van der Waals surface area contributed by atoms with Gasteiger partial charge in [-0.15, -0.1) is 0 Å². The molecule has 2 aromatic carbocycles. The fourth-order valence-electron chi connectivity index (χ4n) is 2.84. The van der Waals surface area contributed by atoms with E-state index in [2.05, 4.69) is 71.5 Å². The molecule has 3 rings (SSSR count). The van der Waals surface area contributed by atoms with Crippen molar-refractivity contribution in [2.24, 2.45) is 0 Å². The van der Waals surface area contributed by atoms with Gasteiger partial charge in [-0.3, -0.25) is 0 Å². The van der Waals surface area contributed by atoms with E-state index in [1.807, 2.05) is 0 Å². The third-order valence-corrected chi connectivity index (χ3v) is 4.68. The largest absolute Gasteiger partial charge is 0.378 e. The first-order valence-electron chi connectivity index (χ1n) is 6.76. The Morgan fingerprint density at radius 1 is 1.16 bits per heavy atom. The SMILES string of the molecule is Cc1ccc(C)c(NC2CCc3c(Br)cccc32)c1. The summed E-state index contributed by atoms with van der Waals surface area (Å²) >= 11 is 3.66. The van der Waals surface area contributed by atoms with Crippen molar-refractivity contribution in [3.05, 3.63) is 63.1 Å². The van der Waals surface area contributed by atoms with Gasteiger partial charge in [-0.05, 0) is 61.1 Å². The molecule has 1 aliphatic carbocycles. The zero-order chi connectivity index (χ0) is 13.4. The zero-order valence-corrected chi connectivity index (χ0v) is 12.9. The number of rotatable bonds is 2. The predicted octanol–water partition coefficient (Wildman–Crippen LogP) is 5.17. The molecule has 0 fully saturated rings. The highest BCUT2D eigenvalue weighted by atomic mass is 79.9. The van der Waals surface area contributed by atoms with Crippen molar-refractivity contribution in [2.45, 2.75) is 32.7 Å². The third kappa shape index (κ3) is 2.42. The predicted molar refractivity (Wildman–Crippen MR) is 84.7 cm³/mol. The molecule has 0 saturated carbocycles. The lowest BCUT2D eigenvalue weighted by Crippen LogP contribution is -2.08. The molecular weight excluding hydrogens is 298 g/mol. The van der Waals surface area contributed by atoms with Crippen LogP contribution in [0.2, 0.25) is 0 Å². The van der Waals surface area contributed by atoms with Crippen molar-refractivity contribution < 1.29 is 0 Å². The number of hydrogen-bond acceptors (Lipinski definition) is 1. The van der Waals surface area contributed by atoms with Gasteiger partial charge in [0.05, 0.1) is 6.04 Å². The van der Waals surface area contributed by atoms with Crippen LogP contribution in [0, 0.1) is 13.8 Å². The molecule has 0 saturated heterocycles. The summed E-state index contributed by atoms with van der Waals surface area (Å²) in [6.07, 6.45) is 2.32. The Labute approximate surface area is 123 Å². The van der Waals surface area contributed by atoms with Gasteiger partial charge in [0.1, 0.15) is 0 Å². The van der Waals surface area contributed by atoms with Crippen LogP contribution in [-0.4, -0.2) is 0 Å². The van der Waals surface area contributed by atoms with Crippen LogP contribution in [0.3, 0.4) is 0 Å². The van der Waals surface area contributed by atoms with Crippen molar-refractivity contribution in [1.29, 1.82) is 0 Å². The van der Waals surface area contributed by atoms with Gasteiger partial charge in [-0.1, -0.05) is 40.2 Å². The highest BCUT2D eigenvalue weighted by molar-refractivity contribution is 9.10. The first kappa shape index (κ1) is 12.7. The third-order valence-electron chi connectivity index (χ3n) is 3.94. The van der Waals surface area contributed by atoms with Crippen LogP contribution in [-0.2, 0) is 6.42 Å². The van der Waals surface area contributed by atoms with Gasteiger partial charge in [0, 0.05) is 10.2 Å². The minimum Gasteiger partial charge on any atom is -0.378 e. The van der Waals surface area contributed by atoms with Gasteiger partial charge in [0.2, 0.25) is 0 Å². The number of hydrogen-bond donors (Lipinski definition) is 1. The Morgan fingerprint density at radius 3 is 2.84 bits per heavy atom. The summed E-state index contributed by atoms with van der Waals surface area (Å²) in [5.74, 6) is 0. The standard InChI is InChI=1S/C17H18BrN/c1-11-6-7-12(2)17(10-11)19-16-9-8-13-14(16)4-3-5-15(13)18/h3-7,10,16,19H,8-9H2,1-2H3. The number of anilines is 1. The Morgan fingerprint density at radius 2 is 2.00 bits per heavy atom. The minimum atomic E-state index is 0.438. The number of aryl methyl sites for hydroxylation is 2. The van der Waals surface area contributed by atoms with E-state index in [9.17, 15) is 0 Å². The molecular formula is C17H18BrN. The molecule has 0 amide bonds. The van der Waals surface area contributed by atoms with Gasteiger partial charge < -0.3 is 5.32 Å². The fourth-order valence-corrected chi connectivity index (χ4v) is 3.42. The fraction of sp³-hybridized carbons (Fsp3) is 0.294. The van der Waals surface area contributed by atoms with Crippen LogP contribution in [0.25, 0.3) is 0 Å². The average Bonchev–Trinajstić information content (AvgIpc) is 2.79. The molecule has 0 aliphatic heterocycles. The van der Waals surface area contributed by atoms with Crippen LogP contribution in [0.5, 0.6) is 0 Å². The van der Waals surface area contributed by atoms with Gasteiger partial charge in [0.25, 0.3) is 0 Å². The van der Waals surface area contributed by atoms with Crippen molar-refractivity contribution in [2.75, 3.05) is 5.32 Å². The number of fused-ring (bicyclic) bond motifs is 1. The summed E-state index contributed by atoms with van der Waals surface area (Å²) in [5, 5.41) is 3.71. The summed E-state index contributed by atoms with van der Waals surface area (Å²) in [6.45, 7) is 4.31. The van der Waals surface area contributed by atoms with Gasteiger partial charge in [-0.2, -0.15) is 0 Å². The maximum absolute atomic E-state index is 3.71. The molecule has 0 radical (unpaired) electrons. The second-order valence-electron chi connectivity index (χ2n) is 5.36. The van der Waals surface area contributed by atoms with Crippen molar-refractivity contribution in [1.82, 2.24) is 0 Å². The molecule has 0 aromatic heterocycles. The van der Waals surface area contributed by atoms with E-state index in [-0.39, 0.29) is 0 Å². The Kier molecular flexibility index (Phi) is 3.36. The maximum atomic E-state index is 3.71. The number of benzene rings is 2. The van der Waals surface area contributed by atoms with Crippen LogP contribution < -0.4 is 5.32 Å². The van der Waals surface area contributed by atoms with E-state index in [0.717, 1.165) is 6.42 Å². The van der Waals surface area contributed by atoms with Crippen LogP contribution >= 0.6 is 15.9 Å². The molecule has 1 nitrogen and oxygen atoms in total. The van der Waals surface area contributed by atoms with E-state index < -0.39 is 0 Å². The van der Waals surface area contributed by atoms with Crippen molar-refractivity contribution in [3.63, 3.8) is 0 Å². The quantitative estimate of drug-likeness (QED) is 0.806. The number of halogens is 1. The second kappa shape index (κ2) is 5.01. The summed E-state index contributed by atoms with van der Waals surface area (Å²) in [5.41, 5.74) is 6.79. The average molecular weight is 316 g/mol. The van der Waals surface area contributed by atoms with Crippen molar-refractivity contribution >= 4 is 21.6 Å². The molecule has 1 unspecified atom stereocenters. The first-order chi connectivity index (χ1) is 9.15. The second-order valence-corrected chi connectivity index (χ2v) is 6.22. The molecule has 2 heteroatoms. The lowest BCUT2D eigenvalue weighted by Gasteiger charge is -2.18. The van der Waals surface area contributed by atoms with E-state index in [1.165, 1.54) is 38.8 Å². The molecule has 0 heterocycles. The van der Waals surface area contributed by atoms with E-state index in [1.54, 1.807) is 0 Å². The maximum Gasteiger partial charge on any atom is 0.0520 e. The molecule has 19 heavy (non-hydrogen) atoms. The Hall–Kier alpha value is -1.28. The lowest BCUT2D eigenvalue weighted by atomic mass is 10.1. The van der Waals surface area contributed by atoms with E-state index in [4.69, 9.17) is 0 Å². The Balaban J connectivity index is 1.91. The van der Waals surface area contributed by atoms with Crippen molar-refractivity contribution in [3.8, 4) is 0 Å². The first-order valence-corrected chi connectivity index (χ1v) is 7.55. The molecule has 1 aliphatic rings. The smallest absolute Gasteiger partial charge is 0.0520 e. The summed E-state index contributed by atoms with van der Waals surface area (Å²) in [7, 11) is 0. The molecule has 1 N–H and O–H groups in total. The molecule has 2 aromatic rings. The summed E-state index contributed by atoms with van der Waals surface area (Å²) in [4.78, 5) is 0. The lowest BCUT2D eigenvalue weighted by molar-refractivity contribution is 0.761.